The lowest BCUT2D eigenvalue weighted by atomic mass is 10.0. The zero-order chi connectivity index (χ0) is 23.4. The Bertz CT molecular complexity index is 1120. The van der Waals surface area contributed by atoms with E-state index in [2.05, 4.69) is 52.3 Å². The van der Waals surface area contributed by atoms with Crippen molar-refractivity contribution in [1.82, 2.24) is 14.9 Å². The number of anilines is 2. The van der Waals surface area contributed by atoms with Crippen molar-refractivity contribution >= 4 is 28.2 Å². The van der Waals surface area contributed by atoms with Crippen LogP contribution in [-0.4, -0.2) is 53.5 Å². The van der Waals surface area contributed by atoms with E-state index in [0.29, 0.717) is 6.42 Å². The predicted octanol–water partition coefficient (Wildman–Crippen LogP) is 4.59. The van der Waals surface area contributed by atoms with E-state index in [4.69, 9.17) is 9.97 Å². The molecule has 174 valence electrons. The Hall–Kier alpha value is -3.15. The Kier molecular flexibility index (Phi) is 7.11. The fourth-order valence-corrected chi connectivity index (χ4v) is 4.87. The summed E-state index contributed by atoms with van der Waals surface area (Å²) in [5, 5.41) is 2.56. The van der Waals surface area contributed by atoms with Crippen molar-refractivity contribution in [2.24, 2.45) is 0 Å². The van der Waals surface area contributed by atoms with Crippen molar-refractivity contribution < 1.29 is 4.79 Å². The average Bonchev–Trinajstić information content (AvgIpc) is 2.88. The summed E-state index contributed by atoms with van der Waals surface area (Å²) in [7, 11) is 0. The topological polar surface area (TPSA) is 52.6 Å². The Morgan fingerprint density at radius 2 is 1.64 bits per heavy atom. The number of nitrogens with zero attached hydrogens (tertiary/aromatic N) is 5. The Morgan fingerprint density at radius 3 is 2.39 bits per heavy atom. The largest absolute Gasteiger partial charge is 0.365 e. The zero-order valence-electron chi connectivity index (χ0n) is 20.3. The lowest BCUT2D eigenvalue weighted by Crippen LogP contribution is -2.49. The highest BCUT2D eigenvalue weighted by atomic mass is 16.2. The van der Waals surface area contributed by atoms with Crippen LogP contribution in [-0.2, 0) is 17.8 Å². The number of carbonyl (C=O) groups is 1. The highest BCUT2D eigenvalue weighted by Crippen LogP contribution is 2.33. The van der Waals surface area contributed by atoms with Crippen molar-refractivity contribution in [3.05, 3.63) is 59.5 Å². The van der Waals surface area contributed by atoms with Crippen molar-refractivity contribution in [3.8, 4) is 0 Å². The number of carbonyl (C=O) groups excluding carboxylic acids is 1. The van der Waals surface area contributed by atoms with Gasteiger partial charge in [0, 0.05) is 55.8 Å². The van der Waals surface area contributed by atoms with Crippen molar-refractivity contribution in [2.75, 3.05) is 42.5 Å². The van der Waals surface area contributed by atoms with Gasteiger partial charge in [-0.3, -0.25) is 4.79 Å². The van der Waals surface area contributed by atoms with Crippen LogP contribution in [0.3, 0.4) is 0 Å². The molecular weight excluding hydrogens is 410 g/mol. The first-order valence-corrected chi connectivity index (χ1v) is 12.3. The molecule has 1 fully saturated rings. The molecule has 2 aliphatic rings. The number of fused-ring (bicyclic) bond motifs is 2. The van der Waals surface area contributed by atoms with Crippen LogP contribution in [0.4, 0.5) is 11.5 Å². The van der Waals surface area contributed by atoms with Crippen LogP contribution in [0.15, 0.2) is 42.5 Å². The molecule has 0 spiro atoms. The minimum atomic E-state index is 0.242. The number of piperazine rings is 1. The lowest BCUT2D eigenvalue weighted by Gasteiger charge is -2.38. The first-order valence-electron chi connectivity index (χ1n) is 12.3. The maximum Gasteiger partial charge on any atom is 0.222 e. The van der Waals surface area contributed by atoms with Gasteiger partial charge in [0.05, 0.1) is 12.2 Å². The third-order valence-corrected chi connectivity index (χ3v) is 6.50. The Balaban J connectivity index is 0.00000126. The second kappa shape index (κ2) is 10.2. The number of rotatable bonds is 3. The summed E-state index contributed by atoms with van der Waals surface area (Å²) in [6, 6.07) is 15.1. The molecule has 6 nitrogen and oxygen atoms in total. The number of hydrogen-bond acceptors (Lipinski definition) is 5. The van der Waals surface area contributed by atoms with E-state index in [-0.39, 0.29) is 5.91 Å². The van der Waals surface area contributed by atoms with E-state index < -0.39 is 0 Å². The van der Waals surface area contributed by atoms with Crippen LogP contribution in [0, 0.1) is 6.92 Å². The molecule has 1 aromatic heterocycles. The molecule has 0 atom stereocenters. The average molecular weight is 446 g/mol. The fourth-order valence-electron chi connectivity index (χ4n) is 4.87. The third kappa shape index (κ3) is 4.65. The number of aryl methyl sites for hydroxylation is 1. The molecule has 0 aliphatic carbocycles. The summed E-state index contributed by atoms with van der Waals surface area (Å²) in [4.78, 5) is 28.5. The molecule has 0 saturated carbocycles. The highest BCUT2D eigenvalue weighted by molar-refractivity contribution is 5.94. The van der Waals surface area contributed by atoms with Crippen molar-refractivity contribution in [2.45, 2.75) is 47.1 Å². The van der Waals surface area contributed by atoms with E-state index in [1.165, 1.54) is 22.0 Å². The minimum Gasteiger partial charge on any atom is -0.365 e. The smallest absolute Gasteiger partial charge is 0.222 e. The van der Waals surface area contributed by atoms with Gasteiger partial charge in [-0.1, -0.05) is 57.2 Å². The Morgan fingerprint density at radius 1 is 0.909 bits per heavy atom. The standard InChI is InChI=1S/C25H29N5O.C2H6/c1-3-24(31)28-13-15-29(16-14-28)25-21-11-12-30(17-22(21)26-18(2)27-25)23-10-6-8-19-7-4-5-9-20(19)23;1-2/h4-10H,3,11-17H2,1-2H3;1-2H3. The third-order valence-electron chi connectivity index (χ3n) is 6.50. The molecule has 0 radical (unpaired) electrons. The second-order valence-electron chi connectivity index (χ2n) is 8.41. The van der Waals surface area contributed by atoms with Crippen molar-refractivity contribution in [1.29, 1.82) is 0 Å². The lowest BCUT2D eigenvalue weighted by molar-refractivity contribution is -0.131. The summed E-state index contributed by atoms with van der Waals surface area (Å²) in [6.07, 6.45) is 1.51. The van der Waals surface area contributed by atoms with Crippen LogP contribution < -0.4 is 9.80 Å². The van der Waals surface area contributed by atoms with Gasteiger partial charge in [0.15, 0.2) is 0 Å². The monoisotopic (exact) mass is 445 g/mol. The molecule has 0 N–H and O–H groups in total. The van der Waals surface area contributed by atoms with Gasteiger partial charge in [-0.2, -0.15) is 0 Å². The van der Waals surface area contributed by atoms with E-state index in [0.717, 1.165) is 63.0 Å². The summed E-state index contributed by atoms with van der Waals surface area (Å²) in [6.45, 7) is 12.9. The zero-order valence-corrected chi connectivity index (χ0v) is 20.3. The molecule has 2 aliphatic heterocycles. The second-order valence-corrected chi connectivity index (χ2v) is 8.41. The molecular formula is C27H35N5O. The Labute approximate surface area is 197 Å². The van der Waals surface area contributed by atoms with Crippen molar-refractivity contribution in [3.63, 3.8) is 0 Å². The molecule has 0 bridgehead atoms. The first-order chi connectivity index (χ1) is 16.1. The molecule has 0 unspecified atom stereocenters. The molecule has 33 heavy (non-hydrogen) atoms. The molecule has 2 aromatic carbocycles. The van der Waals surface area contributed by atoms with E-state index in [1.54, 1.807) is 0 Å². The summed E-state index contributed by atoms with van der Waals surface area (Å²) < 4.78 is 0. The molecule has 1 saturated heterocycles. The number of aromatic nitrogens is 2. The van der Waals surface area contributed by atoms with Gasteiger partial charge in [0.25, 0.3) is 0 Å². The maximum atomic E-state index is 12.0. The molecule has 5 rings (SSSR count). The van der Waals surface area contributed by atoms with Gasteiger partial charge in [-0.05, 0) is 24.8 Å². The van der Waals surface area contributed by atoms with Gasteiger partial charge < -0.3 is 14.7 Å². The van der Waals surface area contributed by atoms with E-state index in [1.807, 2.05) is 32.6 Å². The van der Waals surface area contributed by atoms with Gasteiger partial charge in [-0.15, -0.1) is 0 Å². The molecule has 1 amide bonds. The maximum absolute atomic E-state index is 12.0. The minimum absolute atomic E-state index is 0.242. The number of hydrogen-bond donors (Lipinski definition) is 0. The van der Waals surface area contributed by atoms with Gasteiger partial charge in [-0.25, -0.2) is 9.97 Å². The fraction of sp³-hybridized carbons (Fsp3) is 0.444. The van der Waals surface area contributed by atoms with E-state index in [9.17, 15) is 4.79 Å². The predicted molar refractivity (Wildman–Crippen MR) is 136 cm³/mol. The number of benzene rings is 2. The molecule has 3 aromatic rings. The van der Waals surface area contributed by atoms with Gasteiger partial charge in [0.1, 0.15) is 11.6 Å². The normalized spacial score (nSPS) is 15.7. The first kappa shape index (κ1) is 23.0. The molecule has 3 heterocycles. The SMILES string of the molecule is CC.CCC(=O)N1CCN(c2nc(C)nc3c2CCN(c2cccc4ccccc24)C3)CC1. The van der Waals surface area contributed by atoms with Gasteiger partial charge >= 0.3 is 0 Å². The van der Waals surface area contributed by atoms with Crippen LogP contribution >= 0.6 is 0 Å². The molecule has 6 heteroatoms. The summed E-state index contributed by atoms with van der Waals surface area (Å²) >= 11 is 0. The summed E-state index contributed by atoms with van der Waals surface area (Å²) in [5.41, 5.74) is 3.68. The summed E-state index contributed by atoms with van der Waals surface area (Å²) in [5.74, 6) is 2.13. The van der Waals surface area contributed by atoms with Gasteiger partial charge in [0.2, 0.25) is 5.91 Å². The van der Waals surface area contributed by atoms with Crippen LogP contribution in [0.2, 0.25) is 0 Å². The van der Waals surface area contributed by atoms with Crippen LogP contribution in [0.25, 0.3) is 10.8 Å². The van der Waals surface area contributed by atoms with Crippen LogP contribution in [0.1, 0.15) is 44.3 Å². The quantitative estimate of drug-likeness (QED) is 0.590. The number of amides is 1. The van der Waals surface area contributed by atoms with Crippen LogP contribution in [0.5, 0.6) is 0 Å². The highest BCUT2D eigenvalue weighted by Gasteiger charge is 2.28. The van der Waals surface area contributed by atoms with E-state index >= 15 is 0 Å².